The molecule has 0 aliphatic rings. The molecule has 3 rings (SSSR count). The number of phenolic OH excluding ortho intramolecular Hbond substituents is 9. The van der Waals surface area contributed by atoms with E-state index < -0.39 is 86.3 Å². The second kappa shape index (κ2) is 12.7. The molecule has 9 N–H and O–H groups in total. The Morgan fingerprint density at radius 2 is 0.541 bits per heavy atom. The van der Waals surface area contributed by atoms with Crippen molar-refractivity contribution in [2.24, 2.45) is 0 Å². The summed E-state index contributed by atoms with van der Waals surface area (Å²) < 4.78 is 0. The van der Waals surface area contributed by atoms with Crippen molar-refractivity contribution < 1.29 is 75.7 Å². The maximum Gasteiger partial charge on any atom is 3.00 e. The van der Waals surface area contributed by atoms with Crippen LogP contribution in [0.2, 0.25) is 0 Å². The van der Waals surface area contributed by atoms with E-state index in [2.05, 4.69) is 0 Å². The number of aromatic carboxylic acids is 3. The predicted octanol–water partition coefficient (Wildman–Crippen LogP) is -2.88. The van der Waals surface area contributed by atoms with Crippen molar-refractivity contribution in [3.05, 3.63) is 53.1 Å². The summed E-state index contributed by atoms with van der Waals surface area (Å²) in [5, 5.41) is 110. The van der Waals surface area contributed by atoms with E-state index >= 15 is 0 Å². The first-order valence-electron chi connectivity index (χ1n) is 8.95. The van der Waals surface area contributed by atoms with Crippen LogP contribution in [-0.2, 0) is 0 Å². The summed E-state index contributed by atoms with van der Waals surface area (Å²) in [4.78, 5) is 30.6. The van der Waals surface area contributed by atoms with Crippen molar-refractivity contribution in [2.75, 3.05) is 0 Å². The number of carbonyl (C=O) groups excluding carboxylic acids is 3. The van der Waals surface area contributed by atoms with Crippen LogP contribution in [0.5, 0.6) is 51.7 Å². The molecule has 0 saturated heterocycles. The second-order valence-corrected chi connectivity index (χ2v) is 6.45. The smallest absolute Gasteiger partial charge is 0.545 e. The number of hydrogen-bond acceptors (Lipinski definition) is 15. The fraction of sp³-hybridized carbons (Fsp3) is 0. The molecule has 0 heterocycles. The monoisotopic (exact) mass is 518 g/mol. The third kappa shape index (κ3) is 8.25. The zero-order valence-electron chi connectivity index (χ0n) is 18.0. The van der Waals surface area contributed by atoms with Crippen LogP contribution < -0.4 is 15.3 Å². The van der Waals surface area contributed by atoms with E-state index in [1.807, 2.05) is 0 Å². The molecule has 3 aromatic carbocycles. The van der Waals surface area contributed by atoms with Crippen LogP contribution in [-0.4, -0.2) is 72.3 Å². The fourth-order valence-corrected chi connectivity index (χ4v) is 2.17. The molecular formula is C21H15BO15. The number of rotatable bonds is 3. The van der Waals surface area contributed by atoms with Crippen molar-refractivity contribution in [3.8, 4) is 51.7 Å². The van der Waals surface area contributed by atoms with Gasteiger partial charge in [0.25, 0.3) is 0 Å². The van der Waals surface area contributed by atoms with Crippen LogP contribution in [0.15, 0.2) is 36.4 Å². The Balaban J connectivity index is 0.000000518. The minimum atomic E-state index is -1.54. The number of carbonyl (C=O) groups is 3. The molecule has 0 unspecified atom stereocenters. The average Bonchev–Trinajstić information content (AvgIpc) is 2.79. The standard InChI is InChI=1S/3C7H6O5.B/c3*8-4-1-3(7(11)12)2-5(9)6(4)10;/h3*1-2,8-10H,(H,11,12);/q;;;+3/p-3. The minimum Gasteiger partial charge on any atom is -0.545 e. The summed E-state index contributed by atoms with van der Waals surface area (Å²) in [5.74, 6) is -11.1. The molecule has 192 valence electrons. The molecule has 0 aliphatic heterocycles. The van der Waals surface area contributed by atoms with Gasteiger partial charge in [-0.3, -0.25) is 0 Å². The van der Waals surface area contributed by atoms with Gasteiger partial charge < -0.3 is 75.7 Å². The molecule has 3 aromatic rings. The second-order valence-electron chi connectivity index (χ2n) is 6.45. The number of aromatic hydroxyl groups is 9. The van der Waals surface area contributed by atoms with E-state index in [0.29, 0.717) is 0 Å². The molecule has 0 atom stereocenters. The first-order chi connectivity index (χ1) is 16.6. The van der Waals surface area contributed by atoms with Crippen LogP contribution >= 0.6 is 0 Å². The van der Waals surface area contributed by atoms with Gasteiger partial charge in [-0.15, -0.1) is 0 Å². The third-order valence-electron chi connectivity index (χ3n) is 3.92. The fourth-order valence-electron chi connectivity index (χ4n) is 2.17. The van der Waals surface area contributed by atoms with Gasteiger partial charge in [0.15, 0.2) is 51.7 Å². The summed E-state index contributed by atoms with van der Waals surface area (Å²) in [6.45, 7) is 0. The summed E-state index contributed by atoms with van der Waals surface area (Å²) >= 11 is 0. The predicted molar refractivity (Wildman–Crippen MR) is 113 cm³/mol. The SMILES string of the molecule is O=C([O-])c1cc(O)c(O)c(O)c1.O=C([O-])c1cc(O)c(O)c(O)c1.O=C([O-])c1cc(O)c(O)c(O)c1.[B+3]. The first-order valence-corrected chi connectivity index (χ1v) is 8.95. The molecule has 16 heteroatoms. The number of carboxylic acids is 3. The molecule has 0 amide bonds. The van der Waals surface area contributed by atoms with Crippen molar-refractivity contribution in [1.29, 1.82) is 0 Å². The van der Waals surface area contributed by atoms with E-state index in [4.69, 9.17) is 46.0 Å². The summed E-state index contributed by atoms with van der Waals surface area (Å²) in [5.41, 5.74) is -1.20. The zero-order chi connectivity index (χ0) is 27.9. The van der Waals surface area contributed by atoms with Gasteiger partial charge >= 0.3 is 8.41 Å². The molecule has 0 saturated carbocycles. The Bertz CT molecular complexity index is 1090. The van der Waals surface area contributed by atoms with Crippen molar-refractivity contribution in [1.82, 2.24) is 0 Å². The van der Waals surface area contributed by atoms with Crippen LogP contribution in [0.25, 0.3) is 0 Å². The number of carboxylic acid groups (broad SMARTS) is 3. The minimum absolute atomic E-state index is 0. The molecule has 15 nitrogen and oxygen atoms in total. The molecule has 0 aromatic heterocycles. The van der Waals surface area contributed by atoms with Crippen molar-refractivity contribution >= 4 is 26.3 Å². The van der Waals surface area contributed by atoms with Gasteiger partial charge in [0.1, 0.15) is 0 Å². The van der Waals surface area contributed by atoms with Crippen molar-refractivity contribution in [3.63, 3.8) is 0 Å². The molecule has 0 bridgehead atoms. The van der Waals surface area contributed by atoms with E-state index in [0.717, 1.165) is 36.4 Å². The molecule has 0 spiro atoms. The zero-order valence-corrected chi connectivity index (χ0v) is 18.0. The average molecular weight is 518 g/mol. The number of benzene rings is 3. The van der Waals surface area contributed by atoms with Crippen LogP contribution in [0.4, 0.5) is 0 Å². The number of phenols is 9. The van der Waals surface area contributed by atoms with Gasteiger partial charge in [-0.25, -0.2) is 0 Å². The largest absolute Gasteiger partial charge is 3.00 e. The topological polar surface area (TPSA) is 302 Å². The summed E-state index contributed by atoms with van der Waals surface area (Å²) in [7, 11) is 0. The van der Waals surface area contributed by atoms with Gasteiger partial charge in [-0.1, -0.05) is 0 Å². The summed E-state index contributed by atoms with van der Waals surface area (Å²) in [6.07, 6.45) is 0. The van der Waals surface area contributed by atoms with Gasteiger partial charge in [0.2, 0.25) is 0 Å². The van der Waals surface area contributed by atoms with Crippen LogP contribution in [0.1, 0.15) is 31.1 Å². The quantitative estimate of drug-likeness (QED) is 0.124. The Morgan fingerprint density at radius 1 is 0.405 bits per heavy atom. The molecule has 37 heavy (non-hydrogen) atoms. The molecule has 0 fully saturated rings. The van der Waals surface area contributed by atoms with E-state index in [-0.39, 0.29) is 8.41 Å². The van der Waals surface area contributed by atoms with Crippen LogP contribution in [0, 0.1) is 0 Å². The van der Waals surface area contributed by atoms with Crippen LogP contribution in [0.3, 0.4) is 0 Å². The van der Waals surface area contributed by atoms with Gasteiger partial charge in [0.05, 0.1) is 17.9 Å². The van der Waals surface area contributed by atoms with Gasteiger partial charge in [0, 0.05) is 16.7 Å². The number of hydrogen-bond donors (Lipinski definition) is 9. The Labute approximate surface area is 207 Å². The molecule has 0 radical (unpaired) electrons. The first kappa shape index (κ1) is 31.3. The maximum absolute atomic E-state index is 10.2. The Morgan fingerprint density at radius 3 is 0.649 bits per heavy atom. The summed E-state index contributed by atoms with van der Waals surface area (Å²) in [6, 6.07) is 4.69. The van der Waals surface area contributed by atoms with E-state index in [9.17, 15) is 29.7 Å². The van der Waals surface area contributed by atoms with Gasteiger partial charge in [-0.05, 0) is 36.4 Å². The third-order valence-corrected chi connectivity index (χ3v) is 3.92. The van der Waals surface area contributed by atoms with Gasteiger partial charge in [-0.2, -0.15) is 0 Å². The van der Waals surface area contributed by atoms with Crippen molar-refractivity contribution in [2.45, 2.75) is 0 Å². The van der Waals surface area contributed by atoms with E-state index in [1.54, 1.807) is 0 Å². The Hall–Kier alpha value is -5.67. The normalized spacial score (nSPS) is 9.41. The molecular weight excluding hydrogens is 503 g/mol. The molecule has 0 aliphatic carbocycles. The Kier molecular flexibility index (Phi) is 10.8. The van der Waals surface area contributed by atoms with E-state index in [1.165, 1.54) is 0 Å². The maximum atomic E-state index is 10.2.